The highest BCUT2D eigenvalue weighted by molar-refractivity contribution is 5.77. The van der Waals surface area contributed by atoms with E-state index in [-0.39, 0.29) is 5.91 Å². The molecule has 2 bridgehead atoms. The average Bonchev–Trinajstić information content (AvgIpc) is 2.93. The normalized spacial score (nSPS) is 28.5. The quantitative estimate of drug-likeness (QED) is 0.921. The first-order chi connectivity index (χ1) is 11.7. The summed E-state index contributed by atoms with van der Waals surface area (Å²) in [5.41, 5.74) is 1.25. The number of ether oxygens (including phenoxy) is 1. The van der Waals surface area contributed by atoms with Gasteiger partial charge in [0.05, 0.1) is 7.11 Å². The predicted molar refractivity (Wildman–Crippen MR) is 94.5 cm³/mol. The molecule has 5 nitrogen and oxygen atoms in total. The standard InChI is InChI=1S/C19H27N3O2/c1-24-18-4-2-3-15(11-18)21-9-7-14(8-10-21)22-16-5-6-17(22)13-20-19(23)12-16/h2-4,11,14,16-17H,5-10,12-13H2,1H3,(H,20,23)/t16-,17+/m1/s1. The van der Waals surface area contributed by atoms with Crippen LogP contribution in [0, 0.1) is 0 Å². The van der Waals surface area contributed by atoms with Gasteiger partial charge in [0, 0.05) is 55.9 Å². The third-order valence-electron chi connectivity index (χ3n) is 5.94. The molecule has 1 N–H and O–H groups in total. The highest BCUT2D eigenvalue weighted by Crippen LogP contribution is 2.34. The molecule has 4 rings (SSSR count). The van der Waals surface area contributed by atoms with E-state index in [0.717, 1.165) is 25.4 Å². The third-order valence-corrected chi connectivity index (χ3v) is 5.94. The maximum atomic E-state index is 11.8. The smallest absolute Gasteiger partial charge is 0.221 e. The van der Waals surface area contributed by atoms with Crippen LogP contribution >= 0.6 is 0 Å². The van der Waals surface area contributed by atoms with Gasteiger partial charge in [0.2, 0.25) is 5.91 Å². The van der Waals surface area contributed by atoms with Crippen molar-refractivity contribution in [2.75, 3.05) is 31.6 Å². The average molecular weight is 329 g/mol. The van der Waals surface area contributed by atoms with Gasteiger partial charge in [-0.2, -0.15) is 0 Å². The molecular formula is C19H27N3O2. The molecule has 3 aliphatic rings. The second-order valence-corrected chi connectivity index (χ2v) is 7.26. The largest absolute Gasteiger partial charge is 0.497 e. The lowest BCUT2D eigenvalue weighted by Crippen LogP contribution is -2.50. The molecule has 0 unspecified atom stereocenters. The summed E-state index contributed by atoms with van der Waals surface area (Å²) in [6.07, 6.45) is 5.47. The van der Waals surface area contributed by atoms with Gasteiger partial charge in [0.25, 0.3) is 0 Å². The van der Waals surface area contributed by atoms with E-state index in [1.54, 1.807) is 7.11 Å². The van der Waals surface area contributed by atoms with Crippen LogP contribution in [0.4, 0.5) is 5.69 Å². The molecule has 0 saturated carbocycles. The van der Waals surface area contributed by atoms with Gasteiger partial charge in [-0.25, -0.2) is 0 Å². The Balaban J connectivity index is 1.41. The number of hydrogen-bond donors (Lipinski definition) is 1. The number of fused-ring (bicyclic) bond motifs is 2. The van der Waals surface area contributed by atoms with Crippen molar-refractivity contribution >= 4 is 11.6 Å². The molecule has 3 fully saturated rings. The summed E-state index contributed by atoms with van der Waals surface area (Å²) in [6.45, 7) is 3.00. The molecule has 0 spiro atoms. The van der Waals surface area contributed by atoms with Crippen molar-refractivity contribution in [1.82, 2.24) is 10.2 Å². The number of hydrogen-bond acceptors (Lipinski definition) is 4. The molecule has 1 aromatic carbocycles. The monoisotopic (exact) mass is 329 g/mol. The van der Waals surface area contributed by atoms with E-state index in [4.69, 9.17) is 4.74 Å². The molecule has 3 saturated heterocycles. The lowest BCUT2D eigenvalue weighted by Gasteiger charge is -2.41. The van der Waals surface area contributed by atoms with Crippen LogP contribution in [0.3, 0.4) is 0 Å². The fraction of sp³-hybridized carbons (Fsp3) is 0.632. The Morgan fingerprint density at radius 3 is 2.67 bits per heavy atom. The number of anilines is 1. The van der Waals surface area contributed by atoms with E-state index in [0.29, 0.717) is 24.5 Å². The van der Waals surface area contributed by atoms with Crippen LogP contribution in [-0.2, 0) is 4.79 Å². The van der Waals surface area contributed by atoms with E-state index in [1.807, 2.05) is 6.07 Å². The lowest BCUT2D eigenvalue weighted by atomic mass is 10.00. The Morgan fingerprint density at radius 1 is 1.08 bits per heavy atom. The van der Waals surface area contributed by atoms with E-state index >= 15 is 0 Å². The molecule has 24 heavy (non-hydrogen) atoms. The van der Waals surface area contributed by atoms with Gasteiger partial charge in [-0.3, -0.25) is 9.69 Å². The van der Waals surface area contributed by atoms with Gasteiger partial charge in [0.15, 0.2) is 0 Å². The number of carbonyl (C=O) groups is 1. The van der Waals surface area contributed by atoms with Gasteiger partial charge in [-0.15, -0.1) is 0 Å². The summed E-state index contributed by atoms with van der Waals surface area (Å²) in [5, 5.41) is 3.09. The molecular weight excluding hydrogens is 302 g/mol. The first-order valence-corrected chi connectivity index (χ1v) is 9.18. The fourth-order valence-corrected chi connectivity index (χ4v) is 4.74. The number of carbonyl (C=O) groups excluding carboxylic acids is 1. The van der Waals surface area contributed by atoms with Crippen LogP contribution in [0.1, 0.15) is 32.1 Å². The molecule has 130 valence electrons. The molecule has 1 aromatic rings. The highest BCUT2D eigenvalue weighted by Gasteiger charge is 2.41. The van der Waals surface area contributed by atoms with E-state index < -0.39 is 0 Å². The van der Waals surface area contributed by atoms with Gasteiger partial charge < -0.3 is 15.0 Å². The van der Waals surface area contributed by atoms with E-state index in [2.05, 4.69) is 33.3 Å². The van der Waals surface area contributed by atoms with Crippen LogP contribution in [0.25, 0.3) is 0 Å². The number of nitrogens with one attached hydrogen (secondary N) is 1. The minimum atomic E-state index is 0.237. The first kappa shape index (κ1) is 15.8. The van der Waals surface area contributed by atoms with Crippen molar-refractivity contribution in [3.8, 4) is 5.75 Å². The highest BCUT2D eigenvalue weighted by atomic mass is 16.5. The zero-order valence-electron chi connectivity index (χ0n) is 14.4. The second kappa shape index (κ2) is 6.63. The summed E-state index contributed by atoms with van der Waals surface area (Å²) in [7, 11) is 1.72. The van der Waals surface area contributed by atoms with E-state index in [9.17, 15) is 4.79 Å². The Hall–Kier alpha value is -1.75. The van der Waals surface area contributed by atoms with Crippen LogP contribution in [-0.4, -0.2) is 55.7 Å². The van der Waals surface area contributed by atoms with Gasteiger partial charge in [-0.1, -0.05) is 6.07 Å². The van der Waals surface area contributed by atoms with Crippen molar-refractivity contribution in [3.05, 3.63) is 24.3 Å². The Labute approximate surface area is 144 Å². The SMILES string of the molecule is COc1cccc(N2CCC(N3[C@@H]4CC[C@H]3CNC(=O)C4)CC2)c1. The van der Waals surface area contributed by atoms with E-state index in [1.165, 1.54) is 31.4 Å². The van der Waals surface area contributed by atoms with Crippen molar-refractivity contribution < 1.29 is 9.53 Å². The minimum Gasteiger partial charge on any atom is -0.497 e. The summed E-state index contributed by atoms with van der Waals surface area (Å²) < 4.78 is 5.35. The number of piperidine rings is 1. The lowest BCUT2D eigenvalue weighted by molar-refractivity contribution is -0.121. The van der Waals surface area contributed by atoms with Gasteiger partial charge >= 0.3 is 0 Å². The van der Waals surface area contributed by atoms with Crippen molar-refractivity contribution in [2.24, 2.45) is 0 Å². The zero-order valence-corrected chi connectivity index (χ0v) is 14.4. The Kier molecular flexibility index (Phi) is 4.35. The molecule has 2 atom stereocenters. The summed E-state index contributed by atoms with van der Waals surface area (Å²) in [5.74, 6) is 1.16. The molecule has 1 amide bonds. The topological polar surface area (TPSA) is 44.8 Å². The van der Waals surface area contributed by atoms with Crippen LogP contribution < -0.4 is 15.0 Å². The third kappa shape index (κ3) is 2.97. The number of methoxy groups -OCH3 is 1. The Morgan fingerprint density at radius 2 is 1.88 bits per heavy atom. The maximum absolute atomic E-state index is 11.8. The summed E-state index contributed by atoms with van der Waals surface area (Å²) >= 11 is 0. The zero-order chi connectivity index (χ0) is 16.5. The number of rotatable bonds is 3. The van der Waals surface area contributed by atoms with Crippen LogP contribution in [0.2, 0.25) is 0 Å². The minimum absolute atomic E-state index is 0.237. The number of nitrogens with zero attached hydrogens (tertiary/aromatic N) is 2. The van der Waals surface area contributed by atoms with Crippen molar-refractivity contribution in [1.29, 1.82) is 0 Å². The van der Waals surface area contributed by atoms with Crippen molar-refractivity contribution in [3.63, 3.8) is 0 Å². The molecule has 0 aliphatic carbocycles. The molecule has 3 heterocycles. The van der Waals surface area contributed by atoms with Crippen molar-refractivity contribution in [2.45, 2.75) is 50.2 Å². The molecule has 0 aromatic heterocycles. The summed E-state index contributed by atoms with van der Waals surface area (Å²) in [4.78, 5) is 17.0. The number of benzene rings is 1. The first-order valence-electron chi connectivity index (χ1n) is 9.18. The molecule has 5 heteroatoms. The molecule has 3 aliphatic heterocycles. The predicted octanol–water partition coefficient (Wildman–Crippen LogP) is 2.02. The summed E-state index contributed by atoms with van der Waals surface area (Å²) in [6, 6.07) is 9.99. The van der Waals surface area contributed by atoms with Crippen LogP contribution in [0.5, 0.6) is 5.75 Å². The maximum Gasteiger partial charge on any atom is 0.221 e. The van der Waals surface area contributed by atoms with Gasteiger partial charge in [-0.05, 0) is 37.8 Å². The second-order valence-electron chi connectivity index (χ2n) is 7.26. The fourth-order valence-electron chi connectivity index (χ4n) is 4.74. The Bertz CT molecular complexity index is 598. The van der Waals surface area contributed by atoms with Gasteiger partial charge in [0.1, 0.15) is 5.75 Å². The number of amides is 1. The van der Waals surface area contributed by atoms with Crippen LogP contribution in [0.15, 0.2) is 24.3 Å². The molecule has 0 radical (unpaired) electrons.